The number of piperidine rings is 1. The Kier molecular flexibility index (Phi) is 4.31. The van der Waals surface area contributed by atoms with Gasteiger partial charge in [0, 0.05) is 37.9 Å². The van der Waals surface area contributed by atoms with E-state index in [4.69, 9.17) is 5.73 Å². The second-order valence-electron chi connectivity index (χ2n) is 5.13. The molecular weight excluding hydrogens is 226 g/mol. The van der Waals surface area contributed by atoms with E-state index in [1.165, 1.54) is 0 Å². The Bertz CT molecular complexity index is 393. The highest BCUT2D eigenvalue weighted by atomic mass is 16.2. The highest BCUT2D eigenvalue weighted by molar-refractivity contribution is 5.76. The molecule has 1 aromatic heterocycles. The van der Waals surface area contributed by atoms with Crippen molar-refractivity contribution in [3.63, 3.8) is 0 Å². The molecule has 0 aromatic carbocycles. The van der Waals surface area contributed by atoms with E-state index >= 15 is 0 Å². The van der Waals surface area contributed by atoms with Gasteiger partial charge < -0.3 is 10.6 Å². The van der Waals surface area contributed by atoms with E-state index < -0.39 is 0 Å². The van der Waals surface area contributed by atoms with Crippen molar-refractivity contribution in [2.75, 3.05) is 13.1 Å². The van der Waals surface area contributed by atoms with Gasteiger partial charge in [-0.2, -0.15) is 0 Å². The van der Waals surface area contributed by atoms with Crippen molar-refractivity contribution in [2.45, 2.75) is 32.2 Å². The van der Waals surface area contributed by atoms with Crippen LogP contribution >= 0.6 is 0 Å². The van der Waals surface area contributed by atoms with Crippen molar-refractivity contribution >= 4 is 5.91 Å². The molecule has 2 N–H and O–H groups in total. The van der Waals surface area contributed by atoms with Crippen LogP contribution in [0.4, 0.5) is 0 Å². The van der Waals surface area contributed by atoms with E-state index in [1.54, 1.807) is 12.4 Å². The van der Waals surface area contributed by atoms with Gasteiger partial charge in [0.15, 0.2) is 0 Å². The Hall–Kier alpha value is -1.42. The number of amides is 1. The van der Waals surface area contributed by atoms with Crippen LogP contribution in [-0.2, 0) is 11.2 Å². The minimum atomic E-state index is 0.128. The van der Waals surface area contributed by atoms with Gasteiger partial charge in [-0.3, -0.25) is 9.78 Å². The van der Waals surface area contributed by atoms with Gasteiger partial charge >= 0.3 is 0 Å². The highest BCUT2D eigenvalue weighted by Gasteiger charge is 2.25. The first-order valence-corrected chi connectivity index (χ1v) is 6.59. The fourth-order valence-corrected chi connectivity index (χ4v) is 2.28. The first-order valence-electron chi connectivity index (χ1n) is 6.59. The van der Waals surface area contributed by atoms with E-state index in [2.05, 4.69) is 11.9 Å². The van der Waals surface area contributed by atoms with Gasteiger partial charge in [-0.05, 0) is 36.5 Å². The number of nitrogens with two attached hydrogens (primary N) is 1. The van der Waals surface area contributed by atoms with Crippen LogP contribution in [0.2, 0.25) is 0 Å². The van der Waals surface area contributed by atoms with Crippen molar-refractivity contribution in [2.24, 2.45) is 11.7 Å². The summed E-state index contributed by atoms with van der Waals surface area (Å²) in [6, 6.07) is 4.04. The summed E-state index contributed by atoms with van der Waals surface area (Å²) in [5.74, 6) is 0.739. The third-order valence-corrected chi connectivity index (χ3v) is 3.75. The largest absolute Gasteiger partial charge is 0.341 e. The molecule has 2 unspecified atom stereocenters. The van der Waals surface area contributed by atoms with Gasteiger partial charge in [-0.15, -0.1) is 0 Å². The van der Waals surface area contributed by atoms with E-state index in [-0.39, 0.29) is 11.9 Å². The lowest BCUT2D eigenvalue weighted by atomic mass is 9.94. The first kappa shape index (κ1) is 13.0. The molecular formula is C14H21N3O. The van der Waals surface area contributed by atoms with E-state index in [0.717, 1.165) is 24.9 Å². The summed E-state index contributed by atoms with van der Waals surface area (Å²) in [4.78, 5) is 18.0. The fraction of sp³-hybridized carbons (Fsp3) is 0.571. The third-order valence-electron chi connectivity index (χ3n) is 3.75. The second kappa shape index (κ2) is 5.96. The topological polar surface area (TPSA) is 59.2 Å². The molecule has 1 saturated heterocycles. The number of likely N-dealkylation sites (tertiary alicyclic amines) is 1. The fourth-order valence-electron chi connectivity index (χ4n) is 2.28. The number of carbonyl (C=O) groups is 1. The number of carbonyl (C=O) groups excluding carboxylic acids is 1. The molecule has 1 amide bonds. The molecule has 0 saturated carbocycles. The third kappa shape index (κ3) is 3.29. The molecule has 0 radical (unpaired) electrons. The normalized spacial score (nSPS) is 24.0. The highest BCUT2D eigenvalue weighted by Crippen LogP contribution is 2.16. The van der Waals surface area contributed by atoms with Crippen LogP contribution in [0, 0.1) is 5.92 Å². The maximum atomic E-state index is 12.1. The van der Waals surface area contributed by atoms with E-state index in [1.807, 2.05) is 17.0 Å². The van der Waals surface area contributed by atoms with E-state index in [9.17, 15) is 4.79 Å². The molecule has 2 heterocycles. The van der Waals surface area contributed by atoms with Gasteiger partial charge in [0.05, 0.1) is 0 Å². The summed E-state index contributed by atoms with van der Waals surface area (Å²) >= 11 is 0. The zero-order valence-electron chi connectivity index (χ0n) is 10.9. The average Bonchev–Trinajstić information content (AvgIpc) is 2.40. The molecule has 0 aliphatic carbocycles. The van der Waals surface area contributed by atoms with Gasteiger partial charge in [0.25, 0.3) is 0 Å². The Morgan fingerprint density at radius 3 is 2.89 bits per heavy atom. The molecule has 1 aliphatic rings. The van der Waals surface area contributed by atoms with Crippen LogP contribution in [0.15, 0.2) is 24.5 Å². The molecule has 2 rings (SSSR count). The smallest absolute Gasteiger partial charge is 0.222 e. The number of hydrogen-bond donors (Lipinski definition) is 1. The average molecular weight is 247 g/mol. The van der Waals surface area contributed by atoms with Crippen LogP contribution in [-0.4, -0.2) is 34.9 Å². The van der Waals surface area contributed by atoms with Crippen LogP contribution < -0.4 is 5.73 Å². The maximum absolute atomic E-state index is 12.1. The molecule has 1 fully saturated rings. The van der Waals surface area contributed by atoms with Crippen LogP contribution in [0.1, 0.15) is 25.3 Å². The van der Waals surface area contributed by atoms with Crippen molar-refractivity contribution in [1.29, 1.82) is 0 Å². The van der Waals surface area contributed by atoms with Gasteiger partial charge in [-0.1, -0.05) is 6.92 Å². The second-order valence-corrected chi connectivity index (χ2v) is 5.13. The van der Waals surface area contributed by atoms with Gasteiger partial charge in [-0.25, -0.2) is 0 Å². The first-order chi connectivity index (χ1) is 8.66. The number of pyridine rings is 1. The van der Waals surface area contributed by atoms with Crippen LogP contribution in [0.5, 0.6) is 0 Å². The predicted octanol–water partition coefficient (Wildman–Crippen LogP) is 1.21. The number of hydrogen-bond acceptors (Lipinski definition) is 3. The standard InChI is InChI=1S/C14H21N3O/c1-11-6-9-17(10-13(11)15)14(18)3-2-12-4-7-16-8-5-12/h4-5,7-8,11,13H,2-3,6,9-10,15H2,1H3. The maximum Gasteiger partial charge on any atom is 0.222 e. The monoisotopic (exact) mass is 247 g/mol. The van der Waals surface area contributed by atoms with Crippen molar-refractivity contribution in [3.8, 4) is 0 Å². The van der Waals surface area contributed by atoms with Crippen LogP contribution in [0.3, 0.4) is 0 Å². The number of rotatable bonds is 3. The molecule has 98 valence electrons. The quantitative estimate of drug-likeness (QED) is 0.873. The molecule has 18 heavy (non-hydrogen) atoms. The molecule has 4 heteroatoms. The van der Waals surface area contributed by atoms with Crippen LogP contribution in [0.25, 0.3) is 0 Å². The molecule has 0 bridgehead atoms. The summed E-state index contributed by atoms with van der Waals surface area (Å²) < 4.78 is 0. The van der Waals surface area contributed by atoms with Crippen molar-refractivity contribution in [1.82, 2.24) is 9.88 Å². The van der Waals surface area contributed by atoms with E-state index in [0.29, 0.717) is 18.9 Å². The minimum absolute atomic E-state index is 0.128. The van der Waals surface area contributed by atoms with Gasteiger partial charge in [0.2, 0.25) is 5.91 Å². The molecule has 4 nitrogen and oxygen atoms in total. The minimum Gasteiger partial charge on any atom is -0.341 e. The summed E-state index contributed by atoms with van der Waals surface area (Å²) in [5.41, 5.74) is 7.17. The summed E-state index contributed by atoms with van der Waals surface area (Å²) in [5, 5.41) is 0. The lowest BCUT2D eigenvalue weighted by molar-refractivity contribution is -0.132. The number of nitrogens with zero attached hydrogens (tertiary/aromatic N) is 2. The Labute approximate surface area is 108 Å². The van der Waals surface area contributed by atoms with Crippen molar-refractivity contribution < 1.29 is 4.79 Å². The molecule has 1 aromatic rings. The number of aromatic nitrogens is 1. The summed E-state index contributed by atoms with van der Waals surface area (Å²) in [7, 11) is 0. The Morgan fingerprint density at radius 2 is 2.22 bits per heavy atom. The number of aryl methyl sites for hydroxylation is 1. The molecule has 1 aliphatic heterocycles. The zero-order chi connectivity index (χ0) is 13.0. The Balaban J connectivity index is 1.82. The Morgan fingerprint density at radius 1 is 1.50 bits per heavy atom. The molecule has 0 spiro atoms. The summed E-state index contributed by atoms with van der Waals surface area (Å²) in [6.45, 7) is 3.71. The lowest BCUT2D eigenvalue weighted by Gasteiger charge is -2.35. The zero-order valence-corrected chi connectivity index (χ0v) is 10.9. The van der Waals surface area contributed by atoms with Gasteiger partial charge in [0.1, 0.15) is 0 Å². The predicted molar refractivity (Wildman–Crippen MR) is 70.9 cm³/mol. The van der Waals surface area contributed by atoms with Crippen molar-refractivity contribution in [3.05, 3.63) is 30.1 Å². The SMILES string of the molecule is CC1CCN(C(=O)CCc2ccncc2)CC1N. The summed E-state index contributed by atoms with van der Waals surface area (Å²) in [6.07, 6.45) is 5.88. The molecule has 2 atom stereocenters. The lowest BCUT2D eigenvalue weighted by Crippen LogP contribution is -2.49.